The van der Waals surface area contributed by atoms with Gasteiger partial charge in [0.1, 0.15) is 0 Å². The SMILES string of the molecule is CNC(=O)CCCCC1CCS(C)=S1C.CNC(=O)CCCCC1CCSS1.N=P.O=C(O)CCCCC1CCSS1. The number of hydrogen-bond donors (Lipinski definition) is 4. The molecule has 0 aliphatic carbocycles. The van der Waals surface area contributed by atoms with E-state index in [1.807, 2.05) is 43.2 Å². The van der Waals surface area contributed by atoms with Crippen molar-refractivity contribution in [1.29, 1.82) is 5.16 Å². The summed E-state index contributed by atoms with van der Waals surface area (Å²) >= 11 is 0. The standard InChI is InChI=1S/C11H23NOS2.C9H17NOS2.C8H14O2S2.H2NP/c1-12-11(13)7-5-4-6-10-8-9-14(2)15(10)3;1-10-9(11)5-3-2-4-8-6-7-12-13-8;9-8(10)4-2-1-3-7-5-6-11-12-7;1-2/h10H,4-9H2,1-3H3,(H,12,13);8H,2-7H2,1H3,(H,10,11);7H,1-6H2,(H,9,10);1-2H. The summed E-state index contributed by atoms with van der Waals surface area (Å²) in [6, 6.07) is 0. The van der Waals surface area contributed by atoms with Crippen LogP contribution in [0.3, 0.4) is 0 Å². The van der Waals surface area contributed by atoms with Gasteiger partial charge in [-0.25, -0.2) is 0 Å². The number of nitrogens with one attached hydrogen (secondary N) is 3. The fourth-order valence-corrected chi connectivity index (χ4v) is 16.0. The third kappa shape index (κ3) is 23.0. The molecule has 0 aromatic heterocycles. The van der Waals surface area contributed by atoms with Crippen molar-refractivity contribution in [3.63, 3.8) is 0 Å². The molecule has 3 heterocycles. The van der Waals surface area contributed by atoms with Gasteiger partial charge in [-0.2, -0.15) is 18.9 Å². The van der Waals surface area contributed by atoms with Gasteiger partial charge in [0.05, 0.1) is 0 Å². The molecule has 0 bridgehead atoms. The zero-order valence-electron chi connectivity index (χ0n) is 26.1. The van der Waals surface area contributed by atoms with E-state index in [0.717, 1.165) is 41.4 Å². The van der Waals surface area contributed by atoms with Gasteiger partial charge in [0.15, 0.2) is 0 Å². The Morgan fingerprint density at radius 1 is 0.762 bits per heavy atom. The van der Waals surface area contributed by atoms with Crippen LogP contribution in [0, 0.1) is 5.16 Å². The monoisotopic (exact) mass is 721 g/mol. The zero-order chi connectivity index (χ0) is 31.6. The lowest BCUT2D eigenvalue weighted by Crippen LogP contribution is -2.17. The van der Waals surface area contributed by atoms with Crippen LogP contribution in [0.5, 0.6) is 0 Å². The van der Waals surface area contributed by atoms with E-state index in [-0.39, 0.29) is 11.8 Å². The highest BCUT2D eigenvalue weighted by Crippen LogP contribution is 2.40. The van der Waals surface area contributed by atoms with Gasteiger partial charge in [-0.1, -0.05) is 62.4 Å². The van der Waals surface area contributed by atoms with Crippen molar-refractivity contribution in [1.82, 2.24) is 10.6 Å². The number of carboxylic acids is 1. The Balaban J connectivity index is 0.000000586. The molecule has 0 radical (unpaired) electrons. The van der Waals surface area contributed by atoms with Crippen LogP contribution in [0.25, 0.3) is 0 Å². The molecule has 3 aliphatic rings. The van der Waals surface area contributed by atoms with Crippen molar-refractivity contribution in [2.75, 3.05) is 43.9 Å². The van der Waals surface area contributed by atoms with Gasteiger partial charge < -0.3 is 15.7 Å². The molecule has 2 fully saturated rings. The average Bonchev–Trinajstić information content (AvgIpc) is 3.78. The quantitative estimate of drug-likeness (QED) is 0.0776. The van der Waals surface area contributed by atoms with E-state index in [2.05, 4.69) is 32.2 Å². The molecular formula is C28H56N3O4PS6. The summed E-state index contributed by atoms with van der Waals surface area (Å²) in [6.07, 6.45) is 21.0. The Morgan fingerprint density at radius 3 is 1.57 bits per heavy atom. The largest absolute Gasteiger partial charge is 0.481 e. The Labute approximate surface area is 278 Å². The highest BCUT2D eigenvalue weighted by molar-refractivity contribution is 8.77. The van der Waals surface area contributed by atoms with Crippen LogP contribution in [0.2, 0.25) is 0 Å². The third-order valence-electron chi connectivity index (χ3n) is 7.18. The van der Waals surface area contributed by atoms with Crippen LogP contribution >= 0.6 is 52.2 Å². The van der Waals surface area contributed by atoms with Crippen molar-refractivity contribution in [2.24, 2.45) is 0 Å². The number of carboxylic acid groups (broad SMARTS) is 1. The average molecular weight is 722 g/mol. The highest BCUT2D eigenvalue weighted by Gasteiger charge is 2.18. The minimum Gasteiger partial charge on any atom is -0.481 e. The molecule has 42 heavy (non-hydrogen) atoms. The summed E-state index contributed by atoms with van der Waals surface area (Å²) in [4.78, 5) is 32.1. The smallest absolute Gasteiger partial charge is 0.303 e. The van der Waals surface area contributed by atoms with Crippen LogP contribution < -0.4 is 10.6 Å². The molecule has 4 N–H and O–H groups in total. The molecule has 248 valence electrons. The molecule has 5 unspecified atom stereocenters. The van der Waals surface area contributed by atoms with Gasteiger partial charge in [0.25, 0.3) is 0 Å². The predicted octanol–water partition coefficient (Wildman–Crippen LogP) is 7.60. The second-order valence-electron chi connectivity index (χ2n) is 10.3. The number of rotatable bonds is 15. The Hall–Kier alpha value is 0.610. The van der Waals surface area contributed by atoms with Gasteiger partial charge in [-0.05, 0) is 85.1 Å². The Kier molecular flexibility index (Phi) is 29.5. The van der Waals surface area contributed by atoms with E-state index in [9.17, 15) is 14.4 Å². The van der Waals surface area contributed by atoms with E-state index in [1.54, 1.807) is 14.1 Å². The maximum Gasteiger partial charge on any atom is 0.303 e. The molecule has 2 amide bonds. The van der Waals surface area contributed by atoms with Gasteiger partial charge in [0.2, 0.25) is 11.8 Å². The van der Waals surface area contributed by atoms with Crippen molar-refractivity contribution in [3.05, 3.63) is 0 Å². The minimum atomic E-state index is -0.663. The molecule has 3 rings (SSSR count). The summed E-state index contributed by atoms with van der Waals surface area (Å²) in [5, 5.41) is 21.9. The van der Waals surface area contributed by atoms with E-state index in [4.69, 9.17) is 10.3 Å². The summed E-state index contributed by atoms with van der Waals surface area (Å²) in [6.45, 7) is 0. The fourth-order valence-electron chi connectivity index (χ4n) is 4.48. The molecule has 7 nitrogen and oxygen atoms in total. The van der Waals surface area contributed by atoms with Crippen molar-refractivity contribution in [2.45, 2.75) is 112 Å². The van der Waals surface area contributed by atoms with Crippen molar-refractivity contribution >= 4 is 88.9 Å². The zero-order valence-corrected chi connectivity index (χ0v) is 32.0. The summed E-state index contributed by atoms with van der Waals surface area (Å²) in [7, 11) is 14.9. The van der Waals surface area contributed by atoms with Gasteiger partial charge in [0, 0.05) is 60.6 Å². The van der Waals surface area contributed by atoms with Crippen LogP contribution in [0.15, 0.2) is 0 Å². The van der Waals surface area contributed by atoms with Crippen LogP contribution in [0.1, 0.15) is 96.3 Å². The summed E-state index contributed by atoms with van der Waals surface area (Å²) < 4.78 is 0. The van der Waals surface area contributed by atoms with Crippen molar-refractivity contribution in [3.8, 4) is 0 Å². The lowest BCUT2D eigenvalue weighted by molar-refractivity contribution is -0.137. The molecule has 5 atom stereocenters. The van der Waals surface area contributed by atoms with E-state index >= 15 is 0 Å². The predicted molar refractivity (Wildman–Crippen MR) is 199 cm³/mol. The van der Waals surface area contributed by atoms with Crippen LogP contribution in [-0.2, 0) is 33.3 Å². The number of unbranched alkanes of at least 4 members (excludes halogenated alkanes) is 3. The van der Waals surface area contributed by atoms with Crippen LogP contribution in [-0.4, -0.2) is 82.5 Å². The second-order valence-corrected chi connectivity index (χ2v) is 22.4. The lowest BCUT2D eigenvalue weighted by atomic mass is 10.1. The number of carbonyl (C=O) groups excluding carboxylic acids is 2. The first-order chi connectivity index (χ1) is 20.3. The molecule has 3 aliphatic heterocycles. The molecule has 2 saturated heterocycles. The molecule has 0 spiro atoms. The number of aliphatic carboxylic acids is 1. The fraction of sp³-hybridized carbons (Fsp3) is 0.893. The maximum atomic E-state index is 11.0. The Morgan fingerprint density at radius 2 is 1.21 bits per heavy atom. The van der Waals surface area contributed by atoms with Crippen molar-refractivity contribution < 1.29 is 19.5 Å². The second kappa shape index (κ2) is 29.0. The summed E-state index contributed by atoms with van der Waals surface area (Å²) in [5.74, 6) is 3.72. The first-order valence-electron chi connectivity index (χ1n) is 15.0. The molecular weight excluding hydrogens is 666 g/mol. The highest BCUT2D eigenvalue weighted by atomic mass is 33.1. The topological polar surface area (TPSA) is 119 Å². The van der Waals surface area contributed by atoms with Gasteiger partial charge >= 0.3 is 5.97 Å². The van der Waals surface area contributed by atoms with E-state index in [0.29, 0.717) is 38.2 Å². The van der Waals surface area contributed by atoms with E-state index in [1.165, 1.54) is 68.6 Å². The van der Waals surface area contributed by atoms with E-state index < -0.39 is 5.97 Å². The molecule has 0 aromatic carbocycles. The Bertz CT molecular complexity index is 785. The van der Waals surface area contributed by atoms with Crippen LogP contribution in [0.4, 0.5) is 0 Å². The van der Waals surface area contributed by atoms with Gasteiger partial charge in [-0.3, -0.25) is 19.5 Å². The lowest BCUT2D eigenvalue weighted by Gasteiger charge is -2.12. The first kappa shape index (κ1) is 42.6. The minimum absolute atomic E-state index is 0.174. The molecule has 14 heteroatoms. The number of amides is 2. The number of hydrogen-bond acceptors (Lipinski definition) is 8. The number of carbonyl (C=O) groups is 3. The molecule has 0 aromatic rings. The summed E-state index contributed by atoms with van der Waals surface area (Å²) in [5.41, 5.74) is 0. The third-order valence-corrected chi connectivity index (χ3v) is 20.3. The first-order valence-corrected chi connectivity index (χ1v) is 24.3. The maximum absolute atomic E-state index is 11.0. The van der Waals surface area contributed by atoms with Gasteiger partial charge in [-0.15, -0.1) is 0 Å². The normalized spacial score (nSPS) is 24.2. The molecule has 0 saturated carbocycles.